The summed E-state index contributed by atoms with van der Waals surface area (Å²) in [6.07, 6.45) is 3.35. The molecule has 2 N–H and O–H groups in total. The van der Waals surface area contributed by atoms with Gasteiger partial charge in [0, 0.05) is 18.6 Å². The van der Waals surface area contributed by atoms with Gasteiger partial charge in [-0.25, -0.2) is 4.39 Å². The van der Waals surface area contributed by atoms with Crippen molar-refractivity contribution in [1.29, 1.82) is 0 Å². The molecule has 0 spiro atoms. The SMILES string of the molecule is CC1CCCN(C(C)(CN)Cc2cccc(F)c2)C1. The van der Waals surface area contributed by atoms with Crippen LogP contribution in [0.25, 0.3) is 0 Å². The average Bonchev–Trinajstić information content (AvgIpc) is 2.38. The van der Waals surface area contributed by atoms with Crippen LogP contribution in [0.15, 0.2) is 24.3 Å². The van der Waals surface area contributed by atoms with Crippen LogP contribution in [-0.4, -0.2) is 30.1 Å². The topological polar surface area (TPSA) is 29.3 Å². The fourth-order valence-corrected chi connectivity index (χ4v) is 3.08. The molecule has 1 aliphatic rings. The molecular weight excluding hydrogens is 239 g/mol. The molecule has 0 saturated carbocycles. The summed E-state index contributed by atoms with van der Waals surface area (Å²) in [6.45, 7) is 7.31. The number of piperidine rings is 1. The highest BCUT2D eigenvalue weighted by Crippen LogP contribution is 2.26. The molecule has 2 rings (SSSR count). The number of nitrogens with two attached hydrogens (primary N) is 1. The summed E-state index contributed by atoms with van der Waals surface area (Å²) in [4.78, 5) is 2.49. The fraction of sp³-hybridized carbons (Fsp3) is 0.625. The quantitative estimate of drug-likeness (QED) is 0.906. The molecule has 0 bridgehead atoms. The van der Waals surface area contributed by atoms with Crippen LogP contribution in [0.1, 0.15) is 32.3 Å². The molecule has 1 saturated heterocycles. The second kappa shape index (κ2) is 6.02. The predicted octanol–water partition coefficient (Wildman–Crippen LogP) is 2.82. The van der Waals surface area contributed by atoms with Crippen molar-refractivity contribution in [3.63, 3.8) is 0 Å². The van der Waals surface area contributed by atoms with E-state index in [1.807, 2.05) is 6.07 Å². The molecule has 1 aromatic rings. The molecule has 1 aromatic carbocycles. The molecule has 3 heteroatoms. The molecule has 106 valence electrons. The molecule has 19 heavy (non-hydrogen) atoms. The highest BCUT2D eigenvalue weighted by Gasteiger charge is 2.33. The largest absolute Gasteiger partial charge is 0.329 e. The molecule has 1 fully saturated rings. The van der Waals surface area contributed by atoms with Gasteiger partial charge in [-0.1, -0.05) is 19.1 Å². The van der Waals surface area contributed by atoms with Crippen LogP contribution in [0.5, 0.6) is 0 Å². The fourth-order valence-electron chi connectivity index (χ4n) is 3.08. The summed E-state index contributed by atoms with van der Waals surface area (Å²) < 4.78 is 13.3. The van der Waals surface area contributed by atoms with Crippen molar-refractivity contribution in [2.75, 3.05) is 19.6 Å². The second-order valence-corrected chi connectivity index (χ2v) is 6.20. The van der Waals surface area contributed by atoms with E-state index in [0.717, 1.165) is 31.0 Å². The van der Waals surface area contributed by atoms with Crippen LogP contribution in [0.3, 0.4) is 0 Å². The van der Waals surface area contributed by atoms with Crippen molar-refractivity contribution in [3.05, 3.63) is 35.6 Å². The highest BCUT2D eigenvalue weighted by molar-refractivity contribution is 5.19. The number of hydrogen-bond acceptors (Lipinski definition) is 2. The minimum absolute atomic E-state index is 0.0670. The summed E-state index contributed by atoms with van der Waals surface area (Å²) in [5, 5.41) is 0. The molecule has 2 unspecified atom stereocenters. The predicted molar refractivity (Wildman–Crippen MR) is 77.5 cm³/mol. The standard InChI is InChI=1S/C16H25FN2/c1-13-5-4-8-19(11-13)16(2,12-18)10-14-6-3-7-15(17)9-14/h3,6-7,9,13H,4-5,8,10-12,18H2,1-2H3. The van der Waals surface area contributed by atoms with E-state index in [1.54, 1.807) is 12.1 Å². The molecule has 0 amide bonds. The van der Waals surface area contributed by atoms with Crippen molar-refractivity contribution in [2.24, 2.45) is 11.7 Å². The zero-order valence-corrected chi connectivity index (χ0v) is 12.0. The molecular formula is C16H25FN2. The maximum atomic E-state index is 13.3. The van der Waals surface area contributed by atoms with Crippen LogP contribution in [0, 0.1) is 11.7 Å². The van der Waals surface area contributed by atoms with E-state index < -0.39 is 0 Å². The first kappa shape index (κ1) is 14.5. The van der Waals surface area contributed by atoms with Crippen LogP contribution in [-0.2, 0) is 6.42 Å². The Morgan fingerprint density at radius 1 is 1.47 bits per heavy atom. The summed E-state index contributed by atoms with van der Waals surface area (Å²) in [6, 6.07) is 6.89. The first-order valence-corrected chi connectivity index (χ1v) is 7.23. The Labute approximate surface area is 115 Å². The number of hydrogen-bond donors (Lipinski definition) is 1. The van der Waals surface area contributed by atoms with Gasteiger partial charge in [0.05, 0.1) is 0 Å². The zero-order valence-electron chi connectivity index (χ0n) is 12.0. The van der Waals surface area contributed by atoms with Gasteiger partial charge >= 0.3 is 0 Å². The second-order valence-electron chi connectivity index (χ2n) is 6.20. The minimum Gasteiger partial charge on any atom is -0.329 e. The molecule has 2 nitrogen and oxygen atoms in total. The van der Waals surface area contributed by atoms with Gasteiger partial charge in [-0.2, -0.15) is 0 Å². The van der Waals surface area contributed by atoms with E-state index in [9.17, 15) is 4.39 Å². The van der Waals surface area contributed by atoms with Gasteiger partial charge in [0.25, 0.3) is 0 Å². The Kier molecular flexibility index (Phi) is 4.58. The summed E-state index contributed by atoms with van der Waals surface area (Å²) >= 11 is 0. The number of benzene rings is 1. The van der Waals surface area contributed by atoms with Crippen LogP contribution in [0.2, 0.25) is 0 Å². The third-order valence-corrected chi connectivity index (χ3v) is 4.33. The summed E-state index contributed by atoms with van der Waals surface area (Å²) in [5.74, 6) is 0.566. The lowest BCUT2D eigenvalue weighted by molar-refractivity contribution is 0.0641. The van der Waals surface area contributed by atoms with Crippen molar-refractivity contribution >= 4 is 0 Å². The van der Waals surface area contributed by atoms with E-state index in [2.05, 4.69) is 18.7 Å². The lowest BCUT2D eigenvalue weighted by Crippen LogP contribution is -2.56. The highest BCUT2D eigenvalue weighted by atomic mass is 19.1. The van der Waals surface area contributed by atoms with Crippen molar-refractivity contribution in [1.82, 2.24) is 4.90 Å². The molecule has 1 aliphatic heterocycles. The van der Waals surface area contributed by atoms with Gasteiger partial charge in [0.1, 0.15) is 5.82 Å². The van der Waals surface area contributed by atoms with E-state index in [0.29, 0.717) is 6.54 Å². The van der Waals surface area contributed by atoms with Crippen molar-refractivity contribution in [3.8, 4) is 0 Å². The normalized spacial score (nSPS) is 24.1. The van der Waals surface area contributed by atoms with Gasteiger partial charge in [-0.3, -0.25) is 4.90 Å². The Bertz CT molecular complexity index is 421. The number of nitrogens with zero attached hydrogens (tertiary/aromatic N) is 1. The van der Waals surface area contributed by atoms with Crippen LogP contribution >= 0.6 is 0 Å². The van der Waals surface area contributed by atoms with Gasteiger partial charge in [0.2, 0.25) is 0 Å². The van der Waals surface area contributed by atoms with E-state index in [4.69, 9.17) is 5.73 Å². The summed E-state index contributed by atoms with van der Waals surface area (Å²) in [7, 11) is 0. The monoisotopic (exact) mass is 264 g/mol. The Morgan fingerprint density at radius 2 is 2.26 bits per heavy atom. The number of likely N-dealkylation sites (tertiary alicyclic amines) is 1. The first-order chi connectivity index (χ1) is 9.03. The number of halogens is 1. The van der Waals surface area contributed by atoms with Gasteiger partial charge in [-0.15, -0.1) is 0 Å². The van der Waals surface area contributed by atoms with Gasteiger partial charge in [0.15, 0.2) is 0 Å². The van der Waals surface area contributed by atoms with Gasteiger partial charge in [-0.05, 0) is 56.3 Å². The van der Waals surface area contributed by atoms with E-state index in [-0.39, 0.29) is 11.4 Å². The van der Waals surface area contributed by atoms with E-state index >= 15 is 0 Å². The van der Waals surface area contributed by atoms with Gasteiger partial charge < -0.3 is 5.73 Å². The lowest BCUT2D eigenvalue weighted by Gasteiger charge is -2.45. The maximum absolute atomic E-state index is 13.3. The maximum Gasteiger partial charge on any atom is 0.123 e. The molecule has 2 atom stereocenters. The third-order valence-electron chi connectivity index (χ3n) is 4.33. The van der Waals surface area contributed by atoms with Crippen LogP contribution in [0.4, 0.5) is 4.39 Å². The lowest BCUT2D eigenvalue weighted by atomic mass is 9.87. The smallest absolute Gasteiger partial charge is 0.123 e. The van der Waals surface area contributed by atoms with E-state index in [1.165, 1.54) is 18.9 Å². The van der Waals surface area contributed by atoms with Crippen molar-refractivity contribution in [2.45, 2.75) is 38.6 Å². The average molecular weight is 264 g/mol. The zero-order chi connectivity index (χ0) is 13.9. The van der Waals surface area contributed by atoms with Crippen molar-refractivity contribution < 1.29 is 4.39 Å². The molecule has 0 aliphatic carbocycles. The molecule has 0 aromatic heterocycles. The minimum atomic E-state index is -0.163. The Balaban J connectivity index is 2.13. The molecule has 1 heterocycles. The Hall–Kier alpha value is -0.930. The first-order valence-electron chi connectivity index (χ1n) is 7.23. The third kappa shape index (κ3) is 3.54. The number of rotatable bonds is 4. The Morgan fingerprint density at radius 3 is 2.89 bits per heavy atom. The summed E-state index contributed by atoms with van der Waals surface area (Å²) in [5.41, 5.74) is 7.00. The van der Waals surface area contributed by atoms with Crippen LogP contribution < -0.4 is 5.73 Å². The molecule has 0 radical (unpaired) electrons.